The molecule has 0 spiro atoms. The van der Waals surface area contributed by atoms with Crippen LogP contribution in [0.5, 0.6) is 0 Å². The zero-order valence-electron chi connectivity index (χ0n) is 13.0. The minimum absolute atomic E-state index is 0.0490. The van der Waals surface area contributed by atoms with E-state index in [9.17, 15) is 14.7 Å². The summed E-state index contributed by atoms with van der Waals surface area (Å²) in [6, 6.07) is 7.06. The molecule has 1 aliphatic rings. The van der Waals surface area contributed by atoms with Gasteiger partial charge in [-0.15, -0.1) is 0 Å². The number of amides is 1. The number of nitrogens with zero attached hydrogens (tertiary/aromatic N) is 2. The number of carbonyl (C=O) groups excluding carboxylic acids is 1. The molecular formula is C17H18N2O4. The summed E-state index contributed by atoms with van der Waals surface area (Å²) in [7, 11) is 0. The maximum atomic E-state index is 12.6. The Morgan fingerprint density at radius 1 is 1.30 bits per heavy atom. The SMILES string of the molecule is Cc1nc(-c2ccco2)ccc1C(=O)N1C[C@@H](C)[C@H](C(=O)O)C1. The number of likely N-dealkylation sites (tertiary alicyclic amines) is 1. The van der Waals surface area contributed by atoms with Gasteiger partial charge in [0.2, 0.25) is 0 Å². The number of furan rings is 1. The summed E-state index contributed by atoms with van der Waals surface area (Å²) in [6.45, 7) is 4.33. The van der Waals surface area contributed by atoms with Crippen molar-refractivity contribution in [3.63, 3.8) is 0 Å². The van der Waals surface area contributed by atoms with E-state index in [0.29, 0.717) is 29.3 Å². The molecule has 2 aromatic heterocycles. The van der Waals surface area contributed by atoms with Gasteiger partial charge in [-0.25, -0.2) is 4.98 Å². The fourth-order valence-corrected chi connectivity index (χ4v) is 2.97. The Hall–Kier alpha value is -2.63. The van der Waals surface area contributed by atoms with Crippen LogP contribution >= 0.6 is 0 Å². The van der Waals surface area contributed by atoms with Crippen LogP contribution in [0.3, 0.4) is 0 Å². The highest BCUT2D eigenvalue weighted by atomic mass is 16.4. The summed E-state index contributed by atoms with van der Waals surface area (Å²) in [5, 5.41) is 9.19. The highest BCUT2D eigenvalue weighted by Crippen LogP contribution is 2.26. The minimum Gasteiger partial charge on any atom is -0.481 e. The molecule has 3 rings (SSSR count). The zero-order valence-corrected chi connectivity index (χ0v) is 13.0. The van der Waals surface area contributed by atoms with E-state index < -0.39 is 11.9 Å². The lowest BCUT2D eigenvalue weighted by Crippen LogP contribution is -2.30. The number of hydrogen-bond acceptors (Lipinski definition) is 4. The molecule has 0 aliphatic carbocycles. The van der Waals surface area contributed by atoms with Crippen molar-refractivity contribution >= 4 is 11.9 Å². The van der Waals surface area contributed by atoms with Crippen LogP contribution in [-0.2, 0) is 4.79 Å². The first-order valence-corrected chi connectivity index (χ1v) is 7.51. The summed E-state index contributed by atoms with van der Waals surface area (Å²) in [6.07, 6.45) is 1.57. The first-order valence-electron chi connectivity index (χ1n) is 7.51. The maximum absolute atomic E-state index is 12.6. The maximum Gasteiger partial charge on any atom is 0.308 e. The number of aryl methyl sites for hydroxylation is 1. The molecule has 6 heteroatoms. The van der Waals surface area contributed by atoms with E-state index in [0.717, 1.165) is 0 Å². The van der Waals surface area contributed by atoms with Crippen LogP contribution in [0.1, 0.15) is 23.0 Å². The second kappa shape index (κ2) is 5.87. The van der Waals surface area contributed by atoms with E-state index >= 15 is 0 Å². The largest absolute Gasteiger partial charge is 0.481 e. The highest BCUT2D eigenvalue weighted by Gasteiger charge is 2.37. The van der Waals surface area contributed by atoms with Crippen molar-refractivity contribution < 1.29 is 19.1 Å². The summed E-state index contributed by atoms with van der Waals surface area (Å²) in [5.74, 6) is -0.929. The van der Waals surface area contributed by atoms with Crippen molar-refractivity contribution in [2.24, 2.45) is 11.8 Å². The van der Waals surface area contributed by atoms with E-state index in [1.54, 1.807) is 36.3 Å². The standard InChI is InChI=1S/C17H18N2O4/c1-10-8-19(9-13(10)17(21)22)16(20)12-5-6-14(18-11(12)2)15-4-3-7-23-15/h3-7,10,13H,8-9H2,1-2H3,(H,21,22)/t10-,13-/m1/s1. The molecule has 0 unspecified atom stereocenters. The lowest BCUT2D eigenvalue weighted by molar-refractivity contribution is -0.142. The lowest BCUT2D eigenvalue weighted by atomic mass is 9.99. The topological polar surface area (TPSA) is 83.6 Å². The number of carbonyl (C=O) groups is 2. The summed E-state index contributed by atoms with van der Waals surface area (Å²) in [4.78, 5) is 29.9. The highest BCUT2D eigenvalue weighted by molar-refractivity contribution is 5.96. The summed E-state index contributed by atoms with van der Waals surface area (Å²) < 4.78 is 5.31. The molecule has 0 radical (unpaired) electrons. The second-order valence-electron chi connectivity index (χ2n) is 5.94. The number of aromatic nitrogens is 1. The molecule has 120 valence electrons. The van der Waals surface area contributed by atoms with Gasteiger partial charge in [0.05, 0.1) is 23.4 Å². The number of carboxylic acids is 1. The van der Waals surface area contributed by atoms with Crippen molar-refractivity contribution in [1.29, 1.82) is 0 Å². The Kier molecular flexibility index (Phi) is 3.90. The lowest BCUT2D eigenvalue weighted by Gasteiger charge is -2.17. The monoisotopic (exact) mass is 314 g/mol. The molecule has 3 heterocycles. The Labute approximate surface area is 133 Å². The Balaban J connectivity index is 1.82. The third kappa shape index (κ3) is 2.84. The minimum atomic E-state index is -0.851. The normalized spacial score (nSPS) is 20.7. The second-order valence-corrected chi connectivity index (χ2v) is 5.94. The number of pyridine rings is 1. The molecule has 0 bridgehead atoms. The van der Waals surface area contributed by atoms with Crippen LogP contribution in [0.2, 0.25) is 0 Å². The average molecular weight is 314 g/mol. The third-order valence-corrected chi connectivity index (χ3v) is 4.31. The predicted molar refractivity (Wildman–Crippen MR) is 82.9 cm³/mol. The molecule has 23 heavy (non-hydrogen) atoms. The van der Waals surface area contributed by atoms with Gasteiger partial charge in [-0.3, -0.25) is 9.59 Å². The first kappa shape index (κ1) is 15.3. The van der Waals surface area contributed by atoms with Crippen molar-refractivity contribution in [3.05, 3.63) is 41.8 Å². The van der Waals surface area contributed by atoms with Gasteiger partial charge in [0, 0.05) is 13.1 Å². The molecule has 0 aromatic carbocycles. The van der Waals surface area contributed by atoms with Gasteiger partial charge in [0.25, 0.3) is 5.91 Å². The third-order valence-electron chi connectivity index (χ3n) is 4.31. The van der Waals surface area contributed by atoms with Gasteiger partial charge in [-0.05, 0) is 37.1 Å². The Morgan fingerprint density at radius 2 is 2.09 bits per heavy atom. The van der Waals surface area contributed by atoms with E-state index in [2.05, 4.69) is 4.98 Å². The van der Waals surface area contributed by atoms with E-state index in [-0.39, 0.29) is 18.4 Å². The van der Waals surface area contributed by atoms with Crippen LogP contribution in [0.4, 0.5) is 0 Å². The fraction of sp³-hybridized carbons (Fsp3) is 0.353. The molecule has 1 saturated heterocycles. The number of rotatable bonds is 3. The van der Waals surface area contributed by atoms with E-state index in [1.807, 2.05) is 13.0 Å². The van der Waals surface area contributed by atoms with Gasteiger partial charge in [0.1, 0.15) is 5.69 Å². The van der Waals surface area contributed by atoms with Crippen LogP contribution in [0.25, 0.3) is 11.5 Å². The smallest absolute Gasteiger partial charge is 0.308 e. The molecule has 2 atom stereocenters. The predicted octanol–water partition coefficient (Wildman–Crippen LogP) is 2.44. The molecule has 6 nitrogen and oxygen atoms in total. The van der Waals surface area contributed by atoms with Crippen molar-refractivity contribution in [1.82, 2.24) is 9.88 Å². The Bertz CT molecular complexity index is 739. The van der Waals surface area contributed by atoms with Crippen LogP contribution < -0.4 is 0 Å². The molecule has 1 fully saturated rings. The molecule has 1 N–H and O–H groups in total. The fourth-order valence-electron chi connectivity index (χ4n) is 2.97. The van der Waals surface area contributed by atoms with E-state index in [4.69, 9.17) is 4.42 Å². The molecule has 1 amide bonds. The van der Waals surface area contributed by atoms with Gasteiger partial charge < -0.3 is 14.4 Å². The molecule has 1 aliphatic heterocycles. The van der Waals surface area contributed by atoms with Gasteiger partial charge >= 0.3 is 5.97 Å². The first-order chi connectivity index (χ1) is 11.0. The molecule has 0 saturated carbocycles. The number of aliphatic carboxylic acids is 1. The molecule has 2 aromatic rings. The molecular weight excluding hydrogens is 296 g/mol. The van der Waals surface area contributed by atoms with Crippen LogP contribution in [0.15, 0.2) is 34.9 Å². The van der Waals surface area contributed by atoms with Crippen LogP contribution in [0, 0.1) is 18.8 Å². The van der Waals surface area contributed by atoms with Gasteiger partial charge in [-0.1, -0.05) is 6.92 Å². The summed E-state index contributed by atoms with van der Waals surface area (Å²) >= 11 is 0. The number of carboxylic acid groups (broad SMARTS) is 1. The van der Waals surface area contributed by atoms with Gasteiger partial charge in [-0.2, -0.15) is 0 Å². The number of hydrogen-bond donors (Lipinski definition) is 1. The van der Waals surface area contributed by atoms with E-state index in [1.165, 1.54) is 0 Å². The summed E-state index contributed by atoms with van der Waals surface area (Å²) in [5.41, 5.74) is 1.77. The zero-order chi connectivity index (χ0) is 16.6. The van der Waals surface area contributed by atoms with Crippen LogP contribution in [-0.4, -0.2) is 40.0 Å². The quantitative estimate of drug-likeness (QED) is 0.940. The van der Waals surface area contributed by atoms with Crippen molar-refractivity contribution in [2.75, 3.05) is 13.1 Å². The Morgan fingerprint density at radius 3 is 2.65 bits per heavy atom. The van der Waals surface area contributed by atoms with Crippen molar-refractivity contribution in [2.45, 2.75) is 13.8 Å². The average Bonchev–Trinajstić information content (AvgIpc) is 3.15. The van der Waals surface area contributed by atoms with Gasteiger partial charge in [0.15, 0.2) is 5.76 Å². The van der Waals surface area contributed by atoms with Crippen molar-refractivity contribution in [3.8, 4) is 11.5 Å².